The van der Waals surface area contributed by atoms with E-state index < -0.39 is 34.3 Å². The van der Waals surface area contributed by atoms with E-state index in [9.17, 15) is 37.6 Å². The molecule has 0 bridgehead atoms. The molecule has 1 N–H and O–H groups in total. The summed E-state index contributed by atoms with van der Waals surface area (Å²) in [5.74, 6) is -0.286. The van der Waals surface area contributed by atoms with E-state index in [0.717, 1.165) is 72.7 Å². The molecule has 3 amide bonds. The minimum atomic E-state index is -4.79. The normalized spacial score (nSPS) is 20.7. The first-order valence-corrected chi connectivity index (χ1v) is 20.4. The van der Waals surface area contributed by atoms with Gasteiger partial charge in [-0.2, -0.15) is 18.4 Å². The molecule has 1 unspecified atom stereocenters. The molecule has 0 spiro atoms. The maximum absolute atomic E-state index is 13.8. The molecule has 3 aromatic carbocycles. The van der Waals surface area contributed by atoms with Crippen LogP contribution >= 0.6 is 12.2 Å². The number of rotatable bonds is 13. The van der Waals surface area contributed by atoms with E-state index in [-0.39, 0.29) is 34.3 Å². The van der Waals surface area contributed by atoms with Crippen molar-refractivity contribution in [3.05, 3.63) is 88.5 Å². The fraction of sp³-hybridized carbons (Fsp3) is 0.455. The molecule has 1 atom stereocenters. The summed E-state index contributed by atoms with van der Waals surface area (Å²) in [5, 5.41) is 11.7. The van der Waals surface area contributed by atoms with Gasteiger partial charge in [0.1, 0.15) is 17.9 Å². The summed E-state index contributed by atoms with van der Waals surface area (Å²) in [6.07, 6.45) is -0.723. The first-order chi connectivity index (χ1) is 28.0. The van der Waals surface area contributed by atoms with Gasteiger partial charge in [0.2, 0.25) is 11.8 Å². The highest BCUT2D eigenvalue weighted by Gasteiger charge is 2.54. The minimum Gasteiger partial charge on any atom is -0.492 e. The number of nitrogens with zero attached hydrogens (tertiary/aromatic N) is 5. The number of benzene rings is 3. The van der Waals surface area contributed by atoms with Crippen LogP contribution in [0.15, 0.2) is 60.7 Å². The Morgan fingerprint density at radius 2 is 1.69 bits per heavy atom. The van der Waals surface area contributed by atoms with Gasteiger partial charge in [-0.05, 0) is 111 Å². The van der Waals surface area contributed by atoms with Gasteiger partial charge >= 0.3 is 6.18 Å². The van der Waals surface area contributed by atoms with Crippen molar-refractivity contribution in [2.45, 2.75) is 83.0 Å². The van der Waals surface area contributed by atoms with Gasteiger partial charge < -0.3 is 9.64 Å². The number of nitriles is 1. The number of amides is 3. The summed E-state index contributed by atoms with van der Waals surface area (Å²) >= 11 is 5.73. The van der Waals surface area contributed by atoms with Crippen molar-refractivity contribution >= 4 is 52.2 Å². The predicted molar refractivity (Wildman–Crippen MR) is 219 cm³/mol. The molecule has 3 aromatic rings. The van der Waals surface area contributed by atoms with Crippen LogP contribution in [-0.4, -0.2) is 88.8 Å². The zero-order valence-corrected chi connectivity index (χ0v) is 34.2. The van der Waals surface area contributed by atoms with Crippen LogP contribution in [0, 0.1) is 17.2 Å². The van der Waals surface area contributed by atoms with Crippen LogP contribution in [0.2, 0.25) is 0 Å². The van der Waals surface area contributed by atoms with Crippen LogP contribution in [0.25, 0.3) is 0 Å². The number of imide groups is 1. The summed E-state index contributed by atoms with van der Waals surface area (Å²) in [6, 6.07) is 18.1. The number of piperidine rings is 1. The number of Topliss-reactive ketones (excluding diaryl/α,β-unsaturated/α-hetero) is 1. The van der Waals surface area contributed by atoms with E-state index in [1.165, 1.54) is 6.07 Å². The number of thiocarbonyl (C=S) groups is 1. The quantitative estimate of drug-likeness (QED) is 0.162. The zero-order chi connectivity index (χ0) is 42.3. The van der Waals surface area contributed by atoms with Crippen molar-refractivity contribution in [3.63, 3.8) is 0 Å². The Kier molecular flexibility index (Phi) is 11.7. The number of hydrogen-bond donors (Lipinski definition) is 1. The van der Waals surface area contributed by atoms with Gasteiger partial charge in [0.05, 0.1) is 28.4 Å². The molecule has 7 rings (SSSR count). The topological polar surface area (TPSA) is 126 Å². The number of alkyl halides is 3. The standard InChI is InChI=1S/C44H47F3N6O5S/c1-4-30-25-34(53-41(59)52(40(57)42(53,2)3)33-10-8-32(27-48)35(26-33)44(45,46)47)11-12-36(30)58-21-20-50-16-18-51(19-17-50)43(14-15-43)37(54)24-29-7-5-6-28(22-29)23-31-9-13-38(55)49-39(31)56/h5-8,10-12,22,25-26,31H,4,9,13-21,23-24H2,1-3H3,(H,49,55,56). The lowest BCUT2D eigenvalue weighted by molar-refractivity contribution is -0.138. The largest absolute Gasteiger partial charge is 0.492 e. The van der Waals surface area contributed by atoms with Gasteiger partial charge in [0.25, 0.3) is 5.91 Å². The highest BCUT2D eigenvalue weighted by atomic mass is 32.1. The molecule has 0 radical (unpaired) electrons. The van der Waals surface area contributed by atoms with Crippen LogP contribution in [0.3, 0.4) is 0 Å². The number of nitrogens with one attached hydrogen (secondary N) is 1. The average Bonchev–Trinajstić information content (AvgIpc) is 3.99. The number of hydrogen-bond acceptors (Lipinski definition) is 9. The molecule has 15 heteroatoms. The fourth-order valence-electron chi connectivity index (χ4n) is 8.59. The number of aryl methyl sites for hydroxylation is 1. The van der Waals surface area contributed by atoms with Crippen LogP contribution in [0.1, 0.15) is 74.3 Å². The van der Waals surface area contributed by atoms with Crippen molar-refractivity contribution in [2.24, 2.45) is 5.92 Å². The lowest BCUT2D eigenvalue weighted by Gasteiger charge is -2.39. The second kappa shape index (κ2) is 16.5. The molecule has 0 aromatic heterocycles. The third kappa shape index (κ3) is 8.49. The zero-order valence-electron chi connectivity index (χ0n) is 33.4. The number of ketones is 1. The molecule has 4 aliphatic rings. The smallest absolute Gasteiger partial charge is 0.417 e. The number of halogens is 3. The molecule has 11 nitrogen and oxygen atoms in total. The van der Waals surface area contributed by atoms with E-state index in [2.05, 4.69) is 15.1 Å². The lowest BCUT2D eigenvalue weighted by Crippen LogP contribution is -2.54. The Morgan fingerprint density at radius 1 is 0.983 bits per heavy atom. The SMILES string of the molecule is CCc1cc(N2C(=S)N(c3ccc(C#N)c(C(F)(F)F)c3)C(=O)C2(C)C)ccc1OCCN1CCN(C2(C(=O)Cc3cccc(CC4CCC(=O)NC4=O)c3)CC2)CC1. The van der Waals surface area contributed by atoms with Crippen LogP contribution < -0.4 is 19.9 Å². The Labute approximate surface area is 347 Å². The third-order valence-corrected chi connectivity index (χ3v) is 12.5. The van der Waals surface area contributed by atoms with Gasteiger partial charge in [-0.3, -0.25) is 39.2 Å². The Hall–Kier alpha value is -5.17. The average molecular weight is 829 g/mol. The summed E-state index contributed by atoms with van der Waals surface area (Å²) < 4.78 is 47.6. The van der Waals surface area contributed by atoms with Gasteiger partial charge in [-0.15, -0.1) is 0 Å². The summed E-state index contributed by atoms with van der Waals surface area (Å²) in [5.41, 5.74) is 0.0230. The van der Waals surface area contributed by atoms with Crippen LogP contribution in [-0.2, 0) is 44.6 Å². The highest BCUT2D eigenvalue weighted by Crippen LogP contribution is 2.44. The van der Waals surface area contributed by atoms with E-state index in [4.69, 9.17) is 17.0 Å². The molecular weight excluding hydrogens is 782 g/mol. The number of piperazine rings is 1. The summed E-state index contributed by atoms with van der Waals surface area (Å²) in [4.78, 5) is 58.7. The predicted octanol–water partition coefficient (Wildman–Crippen LogP) is 5.99. The number of carbonyl (C=O) groups excluding carboxylic acids is 4. The second-order valence-corrected chi connectivity index (χ2v) is 16.6. The molecular formula is C44H47F3N6O5S. The van der Waals surface area contributed by atoms with Crippen molar-refractivity contribution in [1.29, 1.82) is 5.26 Å². The van der Waals surface area contributed by atoms with Crippen molar-refractivity contribution in [2.75, 3.05) is 49.1 Å². The minimum absolute atomic E-state index is 0.0265. The molecule has 3 saturated heterocycles. The van der Waals surface area contributed by atoms with Crippen LogP contribution in [0.5, 0.6) is 5.75 Å². The Balaban J connectivity index is 0.925. The first-order valence-electron chi connectivity index (χ1n) is 20.0. The highest BCUT2D eigenvalue weighted by molar-refractivity contribution is 7.81. The maximum atomic E-state index is 13.8. The Bertz CT molecular complexity index is 2230. The van der Waals surface area contributed by atoms with Crippen molar-refractivity contribution in [1.82, 2.24) is 15.1 Å². The van der Waals surface area contributed by atoms with E-state index in [1.807, 2.05) is 43.3 Å². The molecule has 4 fully saturated rings. The fourth-order valence-corrected chi connectivity index (χ4v) is 9.11. The summed E-state index contributed by atoms with van der Waals surface area (Å²) in [6.45, 7) is 9.60. The molecule has 3 heterocycles. The summed E-state index contributed by atoms with van der Waals surface area (Å²) in [7, 11) is 0. The molecule has 59 heavy (non-hydrogen) atoms. The van der Waals surface area contributed by atoms with Gasteiger partial charge in [0, 0.05) is 57.2 Å². The molecule has 3 aliphatic heterocycles. The second-order valence-electron chi connectivity index (χ2n) is 16.3. The van der Waals surface area contributed by atoms with E-state index >= 15 is 0 Å². The van der Waals surface area contributed by atoms with Crippen molar-refractivity contribution < 1.29 is 37.1 Å². The maximum Gasteiger partial charge on any atom is 0.417 e. The number of carbonyl (C=O) groups is 4. The van der Waals surface area contributed by atoms with Gasteiger partial charge in [-0.25, -0.2) is 0 Å². The van der Waals surface area contributed by atoms with Gasteiger partial charge in [0.15, 0.2) is 10.9 Å². The van der Waals surface area contributed by atoms with Gasteiger partial charge in [-0.1, -0.05) is 31.2 Å². The Morgan fingerprint density at radius 3 is 2.36 bits per heavy atom. The molecule has 310 valence electrons. The first kappa shape index (κ1) is 42.0. The van der Waals surface area contributed by atoms with Crippen molar-refractivity contribution in [3.8, 4) is 11.8 Å². The van der Waals surface area contributed by atoms with E-state index in [1.54, 1.807) is 30.9 Å². The lowest BCUT2D eigenvalue weighted by atomic mass is 9.90. The van der Waals surface area contributed by atoms with Crippen LogP contribution in [0.4, 0.5) is 24.5 Å². The number of anilines is 2. The molecule has 1 aliphatic carbocycles. The molecule has 1 saturated carbocycles. The third-order valence-electron chi connectivity index (χ3n) is 12.1. The number of ether oxygens (including phenoxy) is 1. The monoisotopic (exact) mass is 828 g/mol. The van der Waals surface area contributed by atoms with E-state index in [0.29, 0.717) is 56.7 Å².